The lowest BCUT2D eigenvalue weighted by Crippen LogP contribution is -2.36. The SMILES string of the molecule is C=Cc1cccc[n+]1CCCCS(=O)(=O)[O-]. The Morgan fingerprint density at radius 1 is 1.38 bits per heavy atom. The van der Waals surface area contributed by atoms with Crippen molar-refractivity contribution in [3.8, 4) is 0 Å². The van der Waals surface area contributed by atoms with Crippen LogP contribution in [0.3, 0.4) is 0 Å². The molecule has 88 valence electrons. The standard InChI is InChI=1S/C11H15NO3S/c1-2-11-7-3-4-8-12(11)9-5-6-10-16(13,14)15/h2-4,7-8H,1,5-6,9-10H2. The van der Waals surface area contributed by atoms with Gasteiger partial charge in [0.25, 0.3) is 0 Å². The monoisotopic (exact) mass is 241 g/mol. The van der Waals surface area contributed by atoms with Gasteiger partial charge in [-0.05, 0) is 12.5 Å². The summed E-state index contributed by atoms with van der Waals surface area (Å²) in [6, 6.07) is 5.74. The van der Waals surface area contributed by atoms with Crippen LogP contribution in [0.4, 0.5) is 0 Å². The van der Waals surface area contributed by atoms with Crippen LogP contribution in [-0.4, -0.2) is 18.7 Å². The third-order valence-corrected chi connectivity index (χ3v) is 3.02. The predicted molar refractivity (Wildman–Crippen MR) is 60.5 cm³/mol. The minimum Gasteiger partial charge on any atom is -0.748 e. The van der Waals surface area contributed by atoms with Gasteiger partial charge < -0.3 is 4.55 Å². The van der Waals surface area contributed by atoms with Crippen LogP contribution in [0.5, 0.6) is 0 Å². The van der Waals surface area contributed by atoms with E-state index in [0.29, 0.717) is 19.4 Å². The summed E-state index contributed by atoms with van der Waals surface area (Å²) in [7, 11) is -4.07. The Morgan fingerprint density at radius 3 is 2.75 bits per heavy atom. The Labute approximate surface area is 96.0 Å². The van der Waals surface area contributed by atoms with Crippen molar-refractivity contribution in [2.75, 3.05) is 5.75 Å². The van der Waals surface area contributed by atoms with E-state index in [1.165, 1.54) is 0 Å². The molecule has 0 spiro atoms. The number of nitrogens with zero attached hydrogens (tertiary/aromatic N) is 1. The van der Waals surface area contributed by atoms with Crippen molar-refractivity contribution in [1.29, 1.82) is 0 Å². The first-order valence-electron chi connectivity index (χ1n) is 5.07. The molecular formula is C11H15NO3S. The summed E-state index contributed by atoms with van der Waals surface area (Å²) in [5.41, 5.74) is 0.979. The maximum Gasteiger partial charge on any atom is 0.204 e. The predicted octanol–water partition coefficient (Wildman–Crippen LogP) is 0.943. The highest BCUT2D eigenvalue weighted by Crippen LogP contribution is 1.97. The zero-order valence-corrected chi connectivity index (χ0v) is 9.82. The average Bonchev–Trinajstić information content (AvgIpc) is 2.23. The molecule has 16 heavy (non-hydrogen) atoms. The minimum atomic E-state index is -4.07. The van der Waals surface area contributed by atoms with Crippen molar-refractivity contribution >= 4 is 16.2 Å². The second kappa shape index (κ2) is 5.77. The van der Waals surface area contributed by atoms with Crippen molar-refractivity contribution in [2.24, 2.45) is 0 Å². The van der Waals surface area contributed by atoms with Gasteiger partial charge in [0.15, 0.2) is 6.20 Å². The molecule has 1 heterocycles. The fourth-order valence-corrected chi connectivity index (χ4v) is 2.00. The minimum absolute atomic E-state index is 0.288. The normalized spacial score (nSPS) is 11.3. The van der Waals surface area contributed by atoms with Gasteiger partial charge in [-0.25, -0.2) is 8.42 Å². The summed E-state index contributed by atoms with van der Waals surface area (Å²) in [4.78, 5) is 0. The molecule has 1 rings (SSSR count). The molecule has 1 aromatic rings. The van der Waals surface area contributed by atoms with E-state index in [0.717, 1.165) is 5.69 Å². The van der Waals surface area contributed by atoms with Crippen molar-refractivity contribution in [1.82, 2.24) is 0 Å². The van der Waals surface area contributed by atoms with Crippen LogP contribution >= 0.6 is 0 Å². The number of hydrogen-bond acceptors (Lipinski definition) is 3. The van der Waals surface area contributed by atoms with Crippen molar-refractivity contribution in [3.05, 3.63) is 36.7 Å². The van der Waals surface area contributed by atoms with Crippen molar-refractivity contribution in [3.63, 3.8) is 0 Å². The van der Waals surface area contributed by atoms with Crippen molar-refractivity contribution < 1.29 is 17.5 Å². The Hall–Kier alpha value is -1.20. The fraction of sp³-hybridized carbons (Fsp3) is 0.364. The number of aromatic nitrogens is 1. The zero-order valence-electron chi connectivity index (χ0n) is 9.00. The van der Waals surface area contributed by atoms with Gasteiger partial charge in [-0.1, -0.05) is 6.58 Å². The molecule has 0 amide bonds. The highest BCUT2D eigenvalue weighted by Gasteiger charge is 2.05. The maximum atomic E-state index is 10.4. The van der Waals surface area contributed by atoms with E-state index in [4.69, 9.17) is 0 Å². The smallest absolute Gasteiger partial charge is 0.204 e. The van der Waals surface area contributed by atoms with E-state index in [9.17, 15) is 13.0 Å². The summed E-state index contributed by atoms with van der Waals surface area (Å²) in [5, 5.41) is 0. The van der Waals surface area contributed by atoms with Gasteiger partial charge in [-0.2, -0.15) is 4.57 Å². The first kappa shape index (κ1) is 12.9. The highest BCUT2D eigenvalue weighted by atomic mass is 32.2. The number of unbranched alkanes of at least 4 members (excludes halogenated alkanes) is 1. The number of aryl methyl sites for hydroxylation is 1. The lowest BCUT2D eigenvalue weighted by atomic mass is 10.3. The van der Waals surface area contributed by atoms with Gasteiger partial charge in [0.2, 0.25) is 5.69 Å². The summed E-state index contributed by atoms with van der Waals surface area (Å²) < 4.78 is 33.1. The lowest BCUT2D eigenvalue weighted by molar-refractivity contribution is -0.699. The van der Waals surface area contributed by atoms with Gasteiger partial charge in [0.05, 0.1) is 10.1 Å². The molecule has 0 atom stereocenters. The zero-order chi connectivity index (χ0) is 12.0. The van der Waals surface area contributed by atoms with Crippen LogP contribution in [0, 0.1) is 0 Å². The molecule has 0 fully saturated rings. The Bertz CT molecular complexity index is 454. The Balaban J connectivity index is 2.46. The molecule has 0 unspecified atom stereocenters. The molecule has 0 aliphatic heterocycles. The molecule has 0 aliphatic rings. The second-order valence-corrected chi connectivity index (χ2v) is 5.02. The molecule has 0 radical (unpaired) electrons. The average molecular weight is 241 g/mol. The molecule has 0 saturated carbocycles. The quantitative estimate of drug-likeness (QED) is 0.423. The Morgan fingerprint density at radius 2 is 2.12 bits per heavy atom. The van der Waals surface area contributed by atoms with Gasteiger partial charge in [-0.15, -0.1) is 0 Å². The maximum absolute atomic E-state index is 10.4. The molecule has 0 aliphatic carbocycles. The van der Waals surface area contributed by atoms with Crippen LogP contribution in [0.15, 0.2) is 31.0 Å². The second-order valence-electron chi connectivity index (χ2n) is 3.49. The molecule has 0 N–H and O–H groups in total. The lowest BCUT2D eigenvalue weighted by Gasteiger charge is -2.05. The third kappa shape index (κ3) is 4.55. The van der Waals surface area contributed by atoms with E-state index in [1.807, 2.05) is 29.0 Å². The van der Waals surface area contributed by atoms with Crippen LogP contribution in [-0.2, 0) is 16.7 Å². The molecule has 5 heteroatoms. The summed E-state index contributed by atoms with van der Waals surface area (Å²) in [6.45, 7) is 4.38. The molecule has 1 aromatic heterocycles. The van der Waals surface area contributed by atoms with Gasteiger partial charge in [0.1, 0.15) is 6.54 Å². The largest absolute Gasteiger partial charge is 0.748 e. The van der Waals surface area contributed by atoms with Gasteiger partial charge in [0, 0.05) is 30.4 Å². The number of hydrogen-bond donors (Lipinski definition) is 0. The highest BCUT2D eigenvalue weighted by molar-refractivity contribution is 7.85. The molecule has 0 aromatic carbocycles. The molecule has 4 nitrogen and oxygen atoms in total. The summed E-state index contributed by atoms with van der Waals surface area (Å²) in [6.07, 6.45) is 4.70. The molecular weight excluding hydrogens is 226 g/mol. The van der Waals surface area contributed by atoms with E-state index >= 15 is 0 Å². The van der Waals surface area contributed by atoms with Crippen molar-refractivity contribution in [2.45, 2.75) is 19.4 Å². The molecule has 0 saturated heterocycles. The van der Waals surface area contributed by atoms with E-state index in [-0.39, 0.29) is 5.75 Å². The number of rotatable bonds is 6. The Kier molecular flexibility index (Phi) is 4.64. The van der Waals surface area contributed by atoms with E-state index in [1.54, 1.807) is 6.08 Å². The summed E-state index contributed by atoms with van der Waals surface area (Å²) >= 11 is 0. The first-order valence-corrected chi connectivity index (χ1v) is 6.65. The topological polar surface area (TPSA) is 61.1 Å². The summed E-state index contributed by atoms with van der Waals surface area (Å²) in [5.74, 6) is -0.288. The number of pyridine rings is 1. The van der Waals surface area contributed by atoms with Crippen LogP contribution in [0.25, 0.3) is 6.08 Å². The van der Waals surface area contributed by atoms with Crippen LogP contribution in [0.1, 0.15) is 18.5 Å². The van der Waals surface area contributed by atoms with Crippen LogP contribution in [0.2, 0.25) is 0 Å². The van der Waals surface area contributed by atoms with Gasteiger partial charge in [-0.3, -0.25) is 0 Å². The van der Waals surface area contributed by atoms with Crippen LogP contribution < -0.4 is 4.57 Å². The van der Waals surface area contributed by atoms with E-state index in [2.05, 4.69) is 6.58 Å². The third-order valence-electron chi connectivity index (χ3n) is 2.23. The van der Waals surface area contributed by atoms with E-state index < -0.39 is 10.1 Å². The first-order chi connectivity index (χ1) is 7.53. The fourth-order valence-electron chi connectivity index (χ4n) is 1.44. The molecule has 0 bridgehead atoms. The van der Waals surface area contributed by atoms with Gasteiger partial charge >= 0.3 is 0 Å².